The second-order valence-electron chi connectivity index (χ2n) is 17.6. The van der Waals surface area contributed by atoms with Crippen LogP contribution in [0.25, 0.3) is 10.6 Å². The van der Waals surface area contributed by atoms with Gasteiger partial charge in [0.1, 0.15) is 41.2 Å². The number of aliphatic hydroxyl groups excluding tert-OH is 1. The summed E-state index contributed by atoms with van der Waals surface area (Å²) in [6.07, 6.45) is -5.40. The average Bonchev–Trinajstić information content (AvgIpc) is 3.71. The Kier molecular flexibility index (Phi) is 16.8. The summed E-state index contributed by atoms with van der Waals surface area (Å²) in [6, 6.07) is 10.7. The summed E-state index contributed by atoms with van der Waals surface area (Å²) in [5.41, 5.74) is -1.80. The average molecular weight is 898 g/mol. The highest BCUT2D eigenvalue weighted by Gasteiger charge is 2.53. The molecule has 0 amide bonds. The standard InChI is InChI=1S/C45H63N5O12S/c1-12-36-45(9,55)41-26(4)37(49-62-29(7)51)24(2)19-44(8,40(27(5)38(52)28(6)42(54)60-36)61-43-39(53)34(50(10)11)18-25(3)59-43)57-22-31(21-56-41)48-58-23-32-16-17-35(63-32)33-15-13-14-30(20-46)47-33/h13-17,24-28,34,36,39-41,43,53,55H,12,18-19,21-23H2,1-11H3/b48-31-,49-37+/t24-,25-,26+,27+,28-,34+,36-,39-,40-,41+,43+,44-,45-/m1/s1. The van der Waals surface area contributed by atoms with E-state index in [1.807, 2.05) is 51.0 Å². The van der Waals surface area contributed by atoms with Crippen molar-refractivity contribution in [2.24, 2.45) is 34.0 Å². The summed E-state index contributed by atoms with van der Waals surface area (Å²) < 4.78 is 32.5. The topological polar surface area (TPSA) is 221 Å². The zero-order valence-corrected chi connectivity index (χ0v) is 38.9. The zero-order valence-electron chi connectivity index (χ0n) is 38.1. The van der Waals surface area contributed by atoms with Crippen molar-refractivity contribution < 1.29 is 58.0 Å². The Morgan fingerprint density at radius 3 is 2.48 bits per heavy atom. The number of fused-ring (bicyclic) bond motifs is 5. The van der Waals surface area contributed by atoms with Crippen LogP contribution >= 0.6 is 11.3 Å². The molecule has 0 radical (unpaired) electrons. The van der Waals surface area contributed by atoms with Crippen LogP contribution in [0.5, 0.6) is 0 Å². The van der Waals surface area contributed by atoms with Gasteiger partial charge >= 0.3 is 11.9 Å². The number of thiophene rings is 1. The third kappa shape index (κ3) is 11.7. The number of nitrogens with zero attached hydrogens (tertiary/aromatic N) is 5. The first kappa shape index (κ1) is 49.8. The fourth-order valence-electron chi connectivity index (χ4n) is 8.92. The van der Waals surface area contributed by atoms with Crippen molar-refractivity contribution in [1.29, 1.82) is 5.26 Å². The highest BCUT2D eigenvalue weighted by molar-refractivity contribution is 7.15. The maximum Gasteiger partial charge on any atom is 0.331 e. The largest absolute Gasteiger partial charge is 0.459 e. The number of rotatable bonds is 9. The molecule has 0 unspecified atom stereocenters. The molecule has 5 rings (SSSR count). The number of ketones is 1. The summed E-state index contributed by atoms with van der Waals surface area (Å²) in [5, 5.41) is 42.3. The molecule has 63 heavy (non-hydrogen) atoms. The van der Waals surface area contributed by atoms with Crippen LogP contribution in [-0.2, 0) is 54.3 Å². The number of ether oxygens (including phenoxy) is 5. The lowest BCUT2D eigenvalue weighted by Gasteiger charge is -2.47. The number of pyridine rings is 1. The van der Waals surface area contributed by atoms with E-state index in [0.29, 0.717) is 23.5 Å². The van der Waals surface area contributed by atoms with Crippen LogP contribution in [0.1, 0.15) is 92.1 Å². The van der Waals surface area contributed by atoms with Crippen molar-refractivity contribution in [1.82, 2.24) is 9.88 Å². The third-order valence-electron chi connectivity index (χ3n) is 12.3. The second kappa shape index (κ2) is 21.2. The van der Waals surface area contributed by atoms with Crippen molar-refractivity contribution in [3.8, 4) is 16.6 Å². The van der Waals surface area contributed by atoms with Gasteiger partial charge in [-0.25, -0.2) is 9.78 Å². The summed E-state index contributed by atoms with van der Waals surface area (Å²) in [6.45, 7) is 14.4. The summed E-state index contributed by atoms with van der Waals surface area (Å²) >= 11 is 1.43. The Morgan fingerprint density at radius 1 is 1.08 bits per heavy atom. The van der Waals surface area contributed by atoms with Gasteiger partial charge in [0.2, 0.25) is 0 Å². The molecule has 2 aromatic rings. The highest BCUT2D eigenvalue weighted by Crippen LogP contribution is 2.40. The van der Waals surface area contributed by atoms with Crippen LogP contribution in [0.4, 0.5) is 0 Å². The predicted molar refractivity (Wildman–Crippen MR) is 232 cm³/mol. The fourth-order valence-corrected chi connectivity index (χ4v) is 9.80. The van der Waals surface area contributed by atoms with Crippen LogP contribution in [-0.4, -0.2) is 131 Å². The minimum atomic E-state index is -1.90. The number of likely N-dealkylation sites (N-methyl/N-ethyl adjacent to an activating group) is 1. The Balaban J connectivity index is 1.64. The summed E-state index contributed by atoms with van der Waals surface area (Å²) in [4.78, 5) is 59.9. The maximum absolute atomic E-state index is 14.6. The van der Waals surface area contributed by atoms with E-state index in [-0.39, 0.29) is 50.5 Å². The SMILES string of the molecule is CC[C@H]1OC(=O)[C@H](C)C(=O)[C@H](C)[C@@H](O[C@@H]2O[C@H](C)C[C@H](N(C)C)[C@H]2O)[C@@]2(C)C[C@@H](C)/C(=N\OC(C)=O)[C@H](C)[C@H](OC/C(=N/OCc3ccc(-c4cccc(C#N)n4)s3)CO2)[C@]1(C)O. The quantitative estimate of drug-likeness (QED) is 0.146. The molecule has 0 aliphatic carbocycles. The molecule has 18 heteroatoms. The number of hydrogen-bond donors (Lipinski definition) is 2. The van der Waals surface area contributed by atoms with Gasteiger partial charge in [0, 0.05) is 35.6 Å². The second-order valence-corrected chi connectivity index (χ2v) is 18.8. The first-order valence-corrected chi connectivity index (χ1v) is 22.3. The van der Waals surface area contributed by atoms with Crippen molar-refractivity contribution in [2.45, 2.75) is 142 Å². The molecule has 3 aliphatic rings. The Morgan fingerprint density at radius 2 is 1.81 bits per heavy atom. The normalized spacial score (nSPS) is 36.2. The van der Waals surface area contributed by atoms with Gasteiger partial charge in [0.15, 0.2) is 18.7 Å². The van der Waals surface area contributed by atoms with Crippen molar-refractivity contribution >= 4 is 40.5 Å². The van der Waals surface area contributed by atoms with Gasteiger partial charge in [-0.05, 0) is 85.3 Å². The van der Waals surface area contributed by atoms with Gasteiger partial charge in [0.25, 0.3) is 0 Å². The third-order valence-corrected chi connectivity index (χ3v) is 13.4. The molecular formula is C45H63N5O12S. The molecule has 3 aliphatic heterocycles. The molecule has 17 nitrogen and oxygen atoms in total. The molecule has 0 saturated carbocycles. The van der Waals surface area contributed by atoms with E-state index in [0.717, 1.165) is 9.75 Å². The number of hydrogen-bond acceptors (Lipinski definition) is 18. The van der Waals surface area contributed by atoms with Crippen LogP contribution in [0.3, 0.4) is 0 Å². The van der Waals surface area contributed by atoms with E-state index in [2.05, 4.69) is 21.4 Å². The lowest BCUT2D eigenvalue weighted by molar-refractivity contribution is -0.296. The molecule has 3 fully saturated rings. The number of carbonyl (C=O) groups excluding carboxylic acids is 3. The predicted octanol–water partition coefficient (Wildman–Crippen LogP) is 5.05. The summed E-state index contributed by atoms with van der Waals surface area (Å²) in [7, 11) is 3.71. The zero-order chi connectivity index (χ0) is 46.4. The first-order chi connectivity index (χ1) is 29.7. The number of oxime groups is 2. The number of esters is 1. The Bertz CT molecular complexity index is 2030. The molecule has 2 bridgehead atoms. The van der Waals surface area contributed by atoms with Crippen molar-refractivity contribution in [2.75, 3.05) is 27.3 Å². The lowest BCUT2D eigenvalue weighted by Crippen LogP contribution is -2.60. The number of aliphatic hydroxyl groups is 2. The van der Waals surface area contributed by atoms with Crippen molar-refractivity contribution in [3.63, 3.8) is 0 Å². The Labute approximate surface area is 373 Å². The van der Waals surface area contributed by atoms with Gasteiger partial charge in [-0.3, -0.25) is 9.59 Å². The van der Waals surface area contributed by atoms with Gasteiger partial charge in [0.05, 0.1) is 53.4 Å². The molecule has 2 N–H and O–H groups in total. The minimum Gasteiger partial charge on any atom is -0.459 e. The monoisotopic (exact) mass is 897 g/mol. The minimum absolute atomic E-state index is 0.0578. The Hall–Kier alpha value is -4.19. The van der Waals surface area contributed by atoms with Gasteiger partial charge < -0.3 is 48.5 Å². The van der Waals surface area contributed by atoms with Crippen LogP contribution in [0, 0.1) is 35.0 Å². The van der Waals surface area contributed by atoms with E-state index < -0.39 is 83.3 Å². The van der Waals surface area contributed by atoms with Gasteiger partial charge in [-0.1, -0.05) is 44.1 Å². The molecule has 0 spiro atoms. The molecule has 13 atom stereocenters. The number of carbonyl (C=O) groups is 3. The van der Waals surface area contributed by atoms with Gasteiger partial charge in [-0.2, -0.15) is 5.26 Å². The molecule has 5 heterocycles. The van der Waals surface area contributed by atoms with E-state index in [4.69, 9.17) is 33.4 Å². The summed E-state index contributed by atoms with van der Waals surface area (Å²) in [5.74, 6) is -5.76. The number of cyclic esters (lactones) is 1. The van der Waals surface area contributed by atoms with E-state index in [1.165, 1.54) is 32.1 Å². The first-order valence-electron chi connectivity index (χ1n) is 21.5. The highest BCUT2D eigenvalue weighted by atomic mass is 32.1. The molecular weight excluding hydrogens is 835 g/mol. The molecule has 346 valence electrons. The molecule has 0 aromatic carbocycles. The lowest BCUT2D eigenvalue weighted by atomic mass is 9.74. The van der Waals surface area contributed by atoms with Crippen LogP contribution in [0.15, 0.2) is 40.6 Å². The van der Waals surface area contributed by atoms with E-state index >= 15 is 0 Å². The smallest absolute Gasteiger partial charge is 0.331 e. The van der Waals surface area contributed by atoms with E-state index in [9.17, 15) is 29.9 Å². The number of Topliss-reactive ketones (excluding diaryl/α,β-unsaturated/α-hetero) is 1. The van der Waals surface area contributed by atoms with Crippen LogP contribution < -0.4 is 0 Å². The fraction of sp³-hybridized carbons (Fsp3) is 0.667. The van der Waals surface area contributed by atoms with E-state index in [1.54, 1.807) is 39.8 Å². The number of nitriles is 1. The number of aromatic nitrogens is 1. The molecule has 2 aromatic heterocycles. The van der Waals surface area contributed by atoms with Crippen LogP contribution in [0.2, 0.25) is 0 Å². The van der Waals surface area contributed by atoms with Gasteiger partial charge in [-0.15, -0.1) is 11.3 Å². The molecule has 3 saturated heterocycles. The van der Waals surface area contributed by atoms with Crippen molar-refractivity contribution in [3.05, 3.63) is 40.9 Å². The maximum atomic E-state index is 14.6.